The molecule has 0 bridgehead atoms. The highest BCUT2D eigenvalue weighted by molar-refractivity contribution is 5.76. The quantitative estimate of drug-likeness (QED) is 0.279. The number of aromatic hydroxyl groups is 1. The van der Waals surface area contributed by atoms with Crippen molar-refractivity contribution in [2.75, 3.05) is 19.7 Å². The number of aryl methyl sites for hydroxylation is 2. The van der Waals surface area contributed by atoms with Crippen LogP contribution in [0.1, 0.15) is 72.9 Å². The van der Waals surface area contributed by atoms with Gasteiger partial charge in [-0.15, -0.1) is 0 Å². The maximum Gasteiger partial charge on any atom is 0.222 e. The molecule has 0 unspecified atom stereocenters. The minimum Gasteiger partial charge on any atom is -0.508 e. The van der Waals surface area contributed by atoms with E-state index in [4.69, 9.17) is 4.74 Å². The molecule has 2 fully saturated rings. The maximum absolute atomic E-state index is 12.7. The third kappa shape index (κ3) is 7.38. The van der Waals surface area contributed by atoms with Gasteiger partial charge in [0.2, 0.25) is 5.91 Å². The Morgan fingerprint density at radius 1 is 1.03 bits per heavy atom. The van der Waals surface area contributed by atoms with Gasteiger partial charge in [-0.25, -0.2) is 0 Å². The summed E-state index contributed by atoms with van der Waals surface area (Å²) in [6.45, 7) is 5.24. The van der Waals surface area contributed by atoms with Crippen LogP contribution < -0.4 is 0 Å². The summed E-state index contributed by atoms with van der Waals surface area (Å²) in [6.07, 6.45) is -0.263. The lowest BCUT2D eigenvalue weighted by atomic mass is 9.88. The normalized spacial score (nSPS) is 25.0. The number of amides is 1. The summed E-state index contributed by atoms with van der Waals surface area (Å²) in [6, 6.07) is 11.6. The lowest BCUT2D eigenvalue weighted by Gasteiger charge is -2.40. The minimum atomic E-state index is -1.51. The van der Waals surface area contributed by atoms with Crippen LogP contribution in [0.3, 0.4) is 0 Å². The van der Waals surface area contributed by atoms with Gasteiger partial charge in [0.25, 0.3) is 0 Å². The van der Waals surface area contributed by atoms with Gasteiger partial charge in [-0.2, -0.15) is 0 Å². The van der Waals surface area contributed by atoms with Crippen LogP contribution in [0.4, 0.5) is 0 Å². The first-order valence-electron chi connectivity index (χ1n) is 14.2. The number of hydrogen-bond acceptors (Lipinski definition) is 7. The number of phenols is 1. The number of hydrogen-bond donors (Lipinski definition) is 5. The summed E-state index contributed by atoms with van der Waals surface area (Å²) in [5.41, 5.74) is 4.34. The van der Waals surface area contributed by atoms with Crippen molar-refractivity contribution >= 4 is 5.91 Å². The largest absolute Gasteiger partial charge is 0.508 e. The third-order valence-electron chi connectivity index (χ3n) is 7.98. The number of nitrogens with zero attached hydrogens (tertiary/aromatic N) is 1. The Morgan fingerprint density at radius 3 is 2.36 bits per heavy atom. The van der Waals surface area contributed by atoms with Gasteiger partial charge in [0.15, 0.2) is 0 Å². The Kier molecular flexibility index (Phi) is 10.0. The number of aliphatic hydroxyl groups is 4. The number of ether oxygens (including phenoxy) is 1. The van der Waals surface area contributed by atoms with Crippen LogP contribution in [0.15, 0.2) is 36.4 Å². The van der Waals surface area contributed by atoms with Gasteiger partial charge in [-0.1, -0.05) is 31.2 Å². The monoisotopic (exact) mass is 541 g/mol. The van der Waals surface area contributed by atoms with Gasteiger partial charge in [0.1, 0.15) is 36.3 Å². The SMILES string of the molecule is CCCN(CC1CC1)C(=O)CCCc1ccc(Cc2cc([C@@H]3O[C@H](CO)[C@@H](O)[C@H](O)[C@H]3O)c(O)cc2C)cc1. The molecule has 2 aliphatic rings. The van der Waals surface area contributed by atoms with E-state index in [-0.39, 0.29) is 11.7 Å². The van der Waals surface area contributed by atoms with E-state index in [0.29, 0.717) is 24.3 Å². The molecule has 1 heterocycles. The molecule has 1 aliphatic carbocycles. The van der Waals surface area contributed by atoms with Gasteiger partial charge in [0.05, 0.1) is 6.61 Å². The second kappa shape index (κ2) is 13.2. The molecule has 2 aromatic rings. The van der Waals surface area contributed by atoms with Crippen molar-refractivity contribution in [3.05, 3.63) is 64.2 Å². The summed E-state index contributed by atoms with van der Waals surface area (Å²) in [5, 5.41) is 50.9. The molecule has 2 aromatic carbocycles. The second-order valence-electron chi connectivity index (χ2n) is 11.2. The molecule has 1 saturated heterocycles. The predicted octanol–water partition coefficient (Wildman–Crippen LogP) is 2.78. The van der Waals surface area contributed by atoms with E-state index in [1.165, 1.54) is 18.4 Å². The molecule has 4 rings (SSSR count). The average molecular weight is 542 g/mol. The molecule has 39 heavy (non-hydrogen) atoms. The van der Waals surface area contributed by atoms with Crippen molar-refractivity contribution in [3.63, 3.8) is 0 Å². The van der Waals surface area contributed by atoms with E-state index >= 15 is 0 Å². The van der Waals surface area contributed by atoms with Gasteiger partial charge in [-0.3, -0.25) is 4.79 Å². The van der Waals surface area contributed by atoms with Crippen LogP contribution in [-0.2, 0) is 22.4 Å². The molecule has 1 amide bonds. The number of rotatable bonds is 12. The van der Waals surface area contributed by atoms with Crippen LogP contribution in [0.25, 0.3) is 0 Å². The smallest absolute Gasteiger partial charge is 0.222 e. The van der Waals surface area contributed by atoms with E-state index < -0.39 is 37.1 Å². The van der Waals surface area contributed by atoms with Crippen molar-refractivity contribution in [1.29, 1.82) is 0 Å². The van der Waals surface area contributed by atoms with Crippen molar-refractivity contribution in [2.24, 2.45) is 5.92 Å². The molecule has 8 nitrogen and oxygen atoms in total. The molecule has 8 heteroatoms. The Morgan fingerprint density at radius 2 is 1.72 bits per heavy atom. The molecular formula is C31H43NO7. The number of carbonyl (C=O) groups excluding carboxylic acids is 1. The van der Waals surface area contributed by atoms with Gasteiger partial charge >= 0.3 is 0 Å². The maximum atomic E-state index is 12.7. The Bertz CT molecular complexity index is 1100. The van der Waals surface area contributed by atoms with E-state index in [2.05, 4.69) is 31.2 Å². The zero-order valence-electron chi connectivity index (χ0n) is 23.0. The fraction of sp³-hybridized carbons (Fsp3) is 0.581. The average Bonchev–Trinajstić information content (AvgIpc) is 3.74. The van der Waals surface area contributed by atoms with Crippen LogP contribution in [0.5, 0.6) is 5.75 Å². The van der Waals surface area contributed by atoms with Crippen LogP contribution >= 0.6 is 0 Å². The van der Waals surface area contributed by atoms with E-state index in [9.17, 15) is 30.3 Å². The van der Waals surface area contributed by atoms with E-state index in [1.54, 1.807) is 12.1 Å². The molecular weight excluding hydrogens is 498 g/mol. The van der Waals surface area contributed by atoms with Crippen molar-refractivity contribution < 1.29 is 35.1 Å². The predicted molar refractivity (Wildman–Crippen MR) is 147 cm³/mol. The molecule has 1 aliphatic heterocycles. The molecule has 1 saturated carbocycles. The molecule has 0 spiro atoms. The molecule has 5 N–H and O–H groups in total. The topological polar surface area (TPSA) is 131 Å². The lowest BCUT2D eigenvalue weighted by Crippen LogP contribution is -2.55. The fourth-order valence-corrected chi connectivity index (χ4v) is 5.38. The number of phenolic OH excluding ortho intramolecular Hbond substituents is 1. The van der Waals surface area contributed by atoms with Gasteiger partial charge < -0.3 is 35.2 Å². The zero-order chi connectivity index (χ0) is 28.1. The Labute approximate surface area is 230 Å². The van der Waals surface area contributed by atoms with Gasteiger partial charge in [-0.05, 0) is 85.8 Å². The fourth-order valence-electron chi connectivity index (χ4n) is 5.38. The van der Waals surface area contributed by atoms with Crippen molar-refractivity contribution in [2.45, 2.75) is 89.3 Å². The number of carbonyl (C=O) groups is 1. The van der Waals surface area contributed by atoms with Crippen LogP contribution in [0, 0.1) is 12.8 Å². The lowest BCUT2D eigenvalue weighted by molar-refractivity contribution is -0.232. The number of aliphatic hydroxyl groups excluding tert-OH is 4. The standard InChI is InChI=1S/C31H43NO7/c1-3-13-32(17-22-11-12-22)27(35)6-4-5-20-7-9-21(10-8-20)15-23-16-24(25(34)14-19(23)2)31-30(38)29(37)28(36)26(18-33)39-31/h7-10,14,16,22,26,28-31,33-34,36-38H,3-6,11-13,15,17-18H2,1-2H3/t26-,28-,29+,30-,31+/m1/s1. The highest BCUT2D eigenvalue weighted by Crippen LogP contribution is 2.38. The summed E-state index contributed by atoms with van der Waals surface area (Å²) in [5.74, 6) is 0.886. The molecule has 0 aromatic heterocycles. The molecule has 214 valence electrons. The highest BCUT2D eigenvalue weighted by Gasteiger charge is 2.44. The first-order chi connectivity index (χ1) is 18.7. The molecule has 5 atom stereocenters. The highest BCUT2D eigenvalue weighted by atomic mass is 16.5. The zero-order valence-corrected chi connectivity index (χ0v) is 23.0. The minimum absolute atomic E-state index is 0.0832. The Hall–Kier alpha value is -2.49. The van der Waals surface area contributed by atoms with Gasteiger partial charge in [0, 0.05) is 25.1 Å². The van der Waals surface area contributed by atoms with E-state index in [0.717, 1.165) is 49.0 Å². The van der Waals surface area contributed by atoms with E-state index in [1.807, 2.05) is 11.8 Å². The van der Waals surface area contributed by atoms with Crippen molar-refractivity contribution in [3.8, 4) is 5.75 Å². The molecule has 0 radical (unpaired) electrons. The summed E-state index contributed by atoms with van der Waals surface area (Å²) >= 11 is 0. The third-order valence-corrected chi connectivity index (χ3v) is 7.98. The Balaban J connectivity index is 1.37. The summed E-state index contributed by atoms with van der Waals surface area (Å²) in [7, 11) is 0. The summed E-state index contributed by atoms with van der Waals surface area (Å²) < 4.78 is 5.67. The first kappa shape index (κ1) is 29.5. The van der Waals surface area contributed by atoms with Crippen LogP contribution in [0.2, 0.25) is 0 Å². The van der Waals surface area contributed by atoms with Crippen molar-refractivity contribution in [1.82, 2.24) is 4.90 Å². The first-order valence-corrected chi connectivity index (χ1v) is 14.2. The summed E-state index contributed by atoms with van der Waals surface area (Å²) in [4.78, 5) is 14.7. The number of benzene rings is 2. The van der Waals surface area contributed by atoms with Crippen LogP contribution in [-0.4, -0.2) is 80.5 Å². The second-order valence-corrected chi connectivity index (χ2v) is 11.2.